The summed E-state index contributed by atoms with van der Waals surface area (Å²) in [6.07, 6.45) is 0. The molecule has 0 unspecified atom stereocenters. The van der Waals surface area contributed by atoms with Crippen LogP contribution in [0, 0.1) is 5.92 Å². The number of aliphatic carboxylic acids is 1. The summed E-state index contributed by atoms with van der Waals surface area (Å²) in [5, 5.41) is 11.4. The average Bonchev–Trinajstić information content (AvgIpc) is 2.09. The van der Waals surface area contributed by atoms with Gasteiger partial charge in [-0.15, -0.1) is 0 Å². The summed E-state index contributed by atoms with van der Waals surface area (Å²) in [5.41, 5.74) is 0.175. The van der Waals surface area contributed by atoms with E-state index in [9.17, 15) is 4.79 Å². The van der Waals surface area contributed by atoms with Crippen LogP contribution in [-0.4, -0.2) is 37.4 Å². The summed E-state index contributed by atoms with van der Waals surface area (Å²) in [7, 11) is 0. The molecule has 0 saturated heterocycles. The lowest BCUT2D eigenvalue weighted by molar-refractivity contribution is -0.132. The summed E-state index contributed by atoms with van der Waals surface area (Å²) in [6, 6.07) is 0. The van der Waals surface area contributed by atoms with E-state index in [1.54, 1.807) is 0 Å². The van der Waals surface area contributed by atoms with Gasteiger partial charge in [0.25, 0.3) is 0 Å². The van der Waals surface area contributed by atoms with Crippen molar-refractivity contribution in [2.45, 2.75) is 13.8 Å². The second-order valence-electron chi connectivity index (χ2n) is 3.55. The number of carboxylic acid groups (broad SMARTS) is 1. The topological polar surface area (TPSA) is 58.6 Å². The minimum absolute atomic E-state index is 0.175. The normalized spacial score (nSPS) is 10.5. The molecule has 0 heterocycles. The Morgan fingerprint density at radius 3 is 2.71 bits per heavy atom. The fourth-order valence-corrected chi connectivity index (χ4v) is 0.778. The highest BCUT2D eigenvalue weighted by Crippen LogP contribution is 1.91. The highest BCUT2D eigenvalue weighted by atomic mass is 16.5. The molecule has 0 aromatic heterocycles. The number of ether oxygens (including phenoxy) is 1. The third kappa shape index (κ3) is 7.76. The second-order valence-corrected chi connectivity index (χ2v) is 3.55. The van der Waals surface area contributed by atoms with Crippen LogP contribution >= 0.6 is 0 Å². The number of carboxylic acids is 1. The van der Waals surface area contributed by atoms with Crippen molar-refractivity contribution in [2.75, 3.05) is 26.3 Å². The van der Waals surface area contributed by atoms with E-state index in [1.807, 2.05) is 0 Å². The Kier molecular flexibility index (Phi) is 7.06. The van der Waals surface area contributed by atoms with E-state index in [4.69, 9.17) is 9.84 Å². The van der Waals surface area contributed by atoms with Gasteiger partial charge in [0.1, 0.15) is 0 Å². The molecule has 0 aliphatic carbocycles. The minimum atomic E-state index is -0.958. The summed E-state index contributed by atoms with van der Waals surface area (Å²) < 4.78 is 5.30. The third-order valence-electron chi connectivity index (χ3n) is 1.52. The zero-order valence-corrected chi connectivity index (χ0v) is 8.88. The van der Waals surface area contributed by atoms with Gasteiger partial charge in [0.15, 0.2) is 0 Å². The smallest absolute Gasteiger partial charge is 0.332 e. The van der Waals surface area contributed by atoms with Crippen LogP contribution in [0.3, 0.4) is 0 Å². The molecular weight excluding hydrogens is 182 g/mol. The predicted molar refractivity (Wildman–Crippen MR) is 55.3 cm³/mol. The molecule has 0 radical (unpaired) electrons. The minimum Gasteiger partial charge on any atom is -0.478 e. The molecule has 82 valence electrons. The van der Waals surface area contributed by atoms with Crippen LogP contribution in [0.2, 0.25) is 0 Å². The van der Waals surface area contributed by atoms with Crippen molar-refractivity contribution in [2.24, 2.45) is 5.92 Å². The first kappa shape index (κ1) is 13.1. The maximum atomic E-state index is 10.3. The van der Waals surface area contributed by atoms with E-state index in [-0.39, 0.29) is 5.57 Å². The van der Waals surface area contributed by atoms with Crippen molar-refractivity contribution in [1.29, 1.82) is 0 Å². The number of nitrogens with one attached hydrogen (secondary N) is 1. The van der Waals surface area contributed by atoms with Gasteiger partial charge in [-0.2, -0.15) is 0 Å². The molecule has 0 aromatic rings. The standard InChI is InChI=1S/C10H19NO3/c1-8(2)7-14-5-4-11-6-9(3)10(12)13/h8,11H,3-7H2,1-2H3,(H,12,13). The molecule has 4 nitrogen and oxygen atoms in total. The Labute approximate surface area is 85.0 Å². The van der Waals surface area contributed by atoms with Crippen molar-refractivity contribution in [3.8, 4) is 0 Å². The highest BCUT2D eigenvalue weighted by Gasteiger charge is 2.01. The lowest BCUT2D eigenvalue weighted by Gasteiger charge is -2.07. The average molecular weight is 201 g/mol. The molecule has 14 heavy (non-hydrogen) atoms. The fraction of sp³-hybridized carbons (Fsp3) is 0.700. The van der Waals surface area contributed by atoms with Crippen LogP contribution in [0.1, 0.15) is 13.8 Å². The molecule has 0 saturated carbocycles. The first-order valence-electron chi connectivity index (χ1n) is 4.73. The summed E-state index contributed by atoms with van der Waals surface area (Å²) in [4.78, 5) is 10.3. The van der Waals surface area contributed by atoms with Crippen LogP contribution in [0.4, 0.5) is 0 Å². The van der Waals surface area contributed by atoms with Gasteiger partial charge in [0, 0.05) is 25.3 Å². The number of hydrogen-bond acceptors (Lipinski definition) is 3. The highest BCUT2D eigenvalue weighted by molar-refractivity contribution is 5.86. The Morgan fingerprint density at radius 1 is 1.57 bits per heavy atom. The number of hydrogen-bond donors (Lipinski definition) is 2. The van der Waals surface area contributed by atoms with Crippen molar-refractivity contribution in [3.63, 3.8) is 0 Å². The molecule has 0 bridgehead atoms. The van der Waals surface area contributed by atoms with Crippen LogP contribution < -0.4 is 5.32 Å². The zero-order valence-electron chi connectivity index (χ0n) is 8.88. The molecule has 0 rings (SSSR count). The Hall–Kier alpha value is -0.870. The Bertz CT molecular complexity index is 190. The fourth-order valence-electron chi connectivity index (χ4n) is 0.778. The molecule has 0 fully saturated rings. The van der Waals surface area contributed by atoms with Gasteiger partial charge in [-0.3, -0.25) is 0 Å². The van der Waals surface area contributed by atoms with E-state index in [0.29, 0.717) is 25.6 Å². The molecular formula is C10H19NO3. The molecule has 0 aliphatic rings. The van der Waals surface area contributed by atoms with Crippen LogP contribution in [-0.2, 0) is 9.53 Å². The first-order valence-corrected chi connectivity index (χ1v) is 4.73. The van der Waals surface area contributed by atoms with Crippen molar-refractivity contribution < 1.29 is 14.6 Å². The molecule has 0 spiro atoms. The van der Waals surface area contributed by atoms with Crippen LogP contribution in [0.15, 0.2) is 12.2 Å². The monoisotopic (exact) mass is 201 g/mol. The first-order chi connectivity index (χ1) is 6.54. The second kappa shape index (κ2) is 7.53. The number of carbonyl (C=O) groups is 1. The lowest BCUT2D eigenvalue weighted by atomic mass is 10.2. The van der Waals surface area contributed by atoms with E-state index in [0.717, 1.165) is 6.61 Å². The largest absolute Gasteiger partial charge is 0.478 e. The van der Waals surface area contributed by atoms with Gasteiger partial charge < -0.3 is 15.2 Å². The zero-order chi connectivity index (χ0) is 11.0. The van der Waals surface area contributed by atoms with E-state index >= 15 is 0 Å². The quantitative estimate of drug-likeness (QED) is 0.452. The van der Waals surface area contributed by atoms with Gasteiger partial charge >= 0.3 is 5.97 Å². The van der Waals surface area contributed by atoms with Crippen molar-refractivity contribution in [3.05, 3.63) is 12.2 Å². The van der Waals surface area contributed by atoms with Gasteiger partial charge in [0.05, 0.1) is 6.61 Å². The van der Waals surface area contributed by atoms with Crippen LogP contribution in [0.25, 0.3) is 0 Å². The SMILES string of the molecule is C=C(CNCCOCC(C)C)C(=O)O. The summed E-state index contributed by atoms with van der Waals surface area (Å²) in [5.74, 6) is -0.426. The van der Waals surface area contributed by atoms with Gasteiger partial charge in [-0.25, -0.2) is 4.79 Å². The Morgan fingerprint density at radius 2 is 2.21 bits per heavy atom. The van der Waals surface area contributed by atoms with E-state index in [1.165, 1.54) is 0 Å². The molecule has 0 aliphatic heterocycles. The van der Waals surface area contributed by atoms with E-state index < -0.39 is 5.97 Å². The van der Waals surface area contributed by atoms with Gasteiger partial charge in [0.2, 0.25) is 0 Å². The van der Waals surface area contributed by atoms with Crippen molar-refractivity contribution >= 4 is 5.97 Å². The predicted octanol–water partition coefficient (Wildman–Crippen LogP) is 0.889. The Balaban J connectivity index is 3.22. The summed E-state index contributed by atoms with van der Waals surface area (Å²) >= 11 is 0. The van der Waals surface area contributed by atoms with Gasteiger partial charge in [-0.1, -0.05) is 20.4 Å². The van der Waals surface area contributed by atoms with Crippen LogP contribution in [0.5, 0.6) is 0 Å². The summed E-state index contributed by atoms with van der Waals surface area (Å²) in [6.45, 7) is 9.86. The van der Waals surface area contributed by atoms with E-state index in [2.05, 4.69) is 25.7 Å². The maximum Gasteiger partial charge on any atom is 0.332 e. The number of rotatable bonds is 8. The molecule has 0 aromatic carbocycles. The molecule has 2 N–H and O–H groups in total. The molecule has 0 amide bonds. The molecule has 4 heteroatoms. The van der Waals surface area contributed by atoms with Gasteiger partial charge in [-0.05, 0) is 5.92 Å². The third-order valence-corrected chi connectivity index (χ3v) is 1.52. The molecule has 0 atom stereocenters. The maximum absolute atomic E-state index is 10.3. The van der Waals surface area contributed by atoms with Crippen molar-refractivity contribution in [1.82, 2.24) is 5.32 Å². The lowest BCUT2D eigenvalue weighted by Crippen LogP contribution is -2.24.